The van der Waals surface area contributed by atoms with E-state index in [4.69, 9.17) is 16.0 Å². The Labute approximate surface area is 119 Å². The van der Waals surface area contributed by atoms with Crippen LogP contribution in [0.15, 0.2) is 47.1 Å². The number of furan rings is 1. The van der Waals surface area contributed by atoms with Crippen LogP contribution < -0.4 is 5.32 Å². The fourth-order valence-electron chi connectivity index (χ4n) is 2.25. The van der Waals surface area contributed by atoms with Gasteiger partial charge in [-0.3, -0.25) is 0 Å². The molecule has 0 aliphatic carbocycles. The Kier molecular flexibility index (Phi) is 5.49. The van der Waals surface area contributed by atoms with Crippen molar-refractivity contribution in [3.63, 3.8) is 0 Å². The largest absolute Gasteiger partial charge is 0.469 e. The third-order valence-electron chi connectivity index (χ3n) is 3.22. The van der Waals surface area contributed by atoms with E-state index in [-0.39, 0.29) is 0 Å². The smallest absolute Gasteiger partial charge is 0.104 e. The van der Waals surface area contributed by atoms with Crippen molar-refractivity contribution in [3.8, 4) is 0 Å². The molecule has 102 valence electrons. The molecule has 1 unspecified atom stereocenters. The van der Waals surface area contributed by atoms with Crippen LogP contribution in [-0.2, 0) is 12.8 Å². The summed E-state index contributed by atoms with van der Waals surface area (Å²) in [6.45, 7) is 4.08. The van der Waals surface area contributed by atoms with E-state index in [0.29, 0.717) is 5.92 Å². The van der Waals surface area contributed by atoms with Gasteiger partial charge in [0.05, 0.1) is 6.26 Å². The van der Waals surface area contributed by atoms with Crippen LogP contribution in [-0.4, -0.2) is 13.1 Å². The lowest BCUT2D eigenvalue weighted by molar-refractivity contribution is 0.418. The maximum absolute atomic E-state index is 6.24. The summed E-state index contributed by atoms with van der Waals surface area (Å²) >= 11 is 6.24. The van der Waals surface area contributed by atoms with Gasteiger partial charge in [0.15, 0.2) is 0 Å². The van der Waals surface area contributed by atoms with Gasteiger partial charge >= 0.3 is 0 Å². The topological polar surface area (TPSA) is 25.2 Å². The highest BCUT2D eigenvalue weighted by atomic mass is 35.5. The van der Waals surface area contributed by atoms with Crippen LogP contribution in [0, 0.1) is 5.92 Å². The molecule has 0 amide bonds. The number of nitrogens with one attached hydrogen (secondary N) is 1. The van der Waals surface area contributed by atoms with Crippen molar-refractivity contribution in [2.24, 2.45) is 5.92 Å². The molecule has 1 N–H and O–H groups in total. The predicted molar refractivity (Wildman–Crippen MR) is 79.6 cm³/mol. The molecule has 0 aliphatic heterocycles. The molecule has 0 saturated carbocycles. The monoisotopic (exact) mass is 277 g/mol. The summed E-state index contributed by atoms with van der Waals surface area (Å²) in [5.74, 6) is 1.53. The van der Waals surface area contributed by atoms with E-state index in [1.165, 1.54) is 5.56 Å². The second-order valence-corrected chi connectivity index (χ2v) is 5.16. The second kappa shape index (κ2) is 7.37. The molecule has 19 heavy (non-hydrogen) atoms. The zero-order valence-corrected chi connectivity index (χ0v) is 12.0. The fraction of sp³-hybridized carbons (Fsp3) is 0.375. The van der Waals surface area contributed by atoms with Gasteiger partial charge < -0.3 is 9.73 Å². The summed E-state index contributed by atoms with van der Waals surface area (Å²) in [6.07, 6.45) is 3.63. The highest BCUT2D eigenvalue weighted by molar-refractivity contribution is 6.31. The van der Waals surface area contributed by atoms with Gasteiger partial charge in [-0.1, -0.05) is 36.7 Å². The summed E-state index contributed by atoms with van der Waals surface area (Å²) in [7, 11) is 0. The van der Waals surface area contributed by atoms with Gasteiger partial charge in [0.25, 0.3) is 0 Å². The molecule has 0 spiro atoms. The molecule has 1 aromatic carbocycles. The van der Waals surface area contributed by atoms with Crippen molar-refractivity contribution < 1.29 is 4.42 Å². The van der Waals surface area contributed by atoms with Gasteiger partial charge in [0, 0.05) is 11.4 Å². The Morgan fingerprint density at radius 2 is 2.00 bits per heavy atom. The molecule has 0 aliphatic rings. The third kappa shape index (κ3) is 4.41. The first-order valence-corrected chi connectivity index (χ1v) is 7.14. The van der Waals surface area contributed by atoms with Crippen LogP contribution in [0.25, 0.3) is 0 Å². The predicted octanol–water partition coefficient (Wildman–Crippen LogP) is 3.94. The molecule has 2 nitrogen and oxygen atoms in total. The number of hydrogen-bond acceptors (Lipinski definition) is 2. The summed E-state index contributed by atoms with van der Waals surface area (Å²) in [5.41, 5.74) is 1.21. The summed E-state index contributed by atoms with van der Waals surface area (Å²) in [5, 5.41) is 4.27. The standard InChI is InChI=1S/C16H20ClNO/c1-2-18-12-13(11-15-7-5-9-19-15)10-14-6-3-4-8-16(14)17/h3-9,13,18H,2,10-12H2,1H3. The van der Waals surface area contributed by atoms with Gasteiger partial charge in [-0.05, 0) is 49.2 Å². The minimum atomic E-state index is 0.492. The van der Waals surface area contributed by atoms with Crippen molar-refractivity contribution >= 4 is 11.6 Å². The van der Waals surface area contributed by atoms with Crippen molar-refractivity contribution in [2.75, 3.05) is 13.1 Å². The number of hydrogen-bond donors (Lipinski definition) is 1. The summed E-state index contributed by atoms with van der Waals surface area (Å²) < 4.78 is 5.45. The van der Waals surface area contributed by atoms with E-state index in [2.05, 4.69) is 18.3 Å². The molecule has 0 saturated heterocycles. The van der Waals surface area contributed by atoms with E-state index in [1.54, 1.807) is 6.26 Å². The van der Waals surface area contributed by atoms with Crippen LogP contribution in [0.1, 0.15) is 18.2 Å². The van der Waals surface area contributed by atoms with Crippen molar-refractivity contribution in [3.05, 3.63) is 59.0 Å². The van der Waals surface area contributed by atoms with Crippen molar-refractivity contribution in [1.82, 2.24) is 5.32 Å². The molecule has 1 aromatic heterocycles. The molecule has 1 atom stereocenters. The minimum Gasteiger partial charge on any atom is -0.469 e. The highest BCUT2D eigenvalue weighted by Crippen LogP contribution is 2.21. The Morgan fingerprint density at radius 3 is 2.68 bits per heavy atom. The third-order valence-corrected chi connectivity index (χ3v) is 3.59. The zero-order valence-electron chi connectivity index (χ0n) is 11.2. The van der Waals surface area contributed by atoms with Crippen LogP contribution in [0.5, 0.6) is 0 Å². The van der Waals surface area contributed by atoms with E-state index >= 15 is 0 Å². The average Bonchev–Trinajstić information content (AvgIpc) is 2.91. The second-order valence-electron chi connectivity index (χ2n) is 4.75. The van der Waals surface area contributed by atoms with Gasteiger partial charge in [0.2, 0.25) is 0 Å². The molecule has 0 fully saturated rings. The van der Waals surface area contributed by atoms with E-state index < -0.39 is 0 Å². The minimum absolute atomic E-state index is 0.492. The van der Waals surface area contributed by atoms with Crippen molar-refractivity contribution in [2.45, 2.75) is 19.8 Å². The highest BCUT2D eigenvalue weighted by Gasteiger charge is 2.13. The fourth-order valence-corrected chi connectivity index (χ4v) is 2.47. The summed E-state index contributed by atoms with van der Waals surface area (Å²) in [6, 6.07) is 12.0. The Morgan fingerprint density at radius 1 is 1.16 bits per heavy atom. The lowest BCUT2D eigenvalue weighted by atomic mass is 9.95. The summed E-state index contributed by atoms with van der Waals surface area (Å²) in [4.78, 5) is 0. The Bertz CT molecular complexity index is 481. The Hall–Kier alpha value is -1.25. The van der Waals surface area contributed by atoms with Crippen LogP contribution in [0.3, 0.4) is 0 Å². The van der Waals surface area contributed by atoms with Gasteiger partial charge in [-0.2, -0.15) is 0 Å². The van der Waals surface area contributed by atoms with E-state index in [0.717, 1.165) is 36.7 Å². The molecular formula is C16H20ClNO. The number of rotatable bonds is 7. The Balaban J connectivity index is 2.03. The van der Waals surface area contributed by atoms with Crippen LogP contribution >= 0.6 is 11.6 Å². The van der Waals surface area contributed by atoms with Crippen LogP contribution in [0.4, 0.5) is 0 Å². The molecule has 1 heterocycles. The van der Waals surface area contributed by atoms with E-state index in [9.17, 15) is 0 Å². The lowest BCUT2D eigenvalue weighted by Crippen LogP contribution is -2.25. The first kappa shape index (κ1) is 14.2. The van der Waals surface area contributed by atoms with Gasteiger partial charge in [-0.15, -0.1) is 0 Å². The lowest BCUT2D eigenvalue weighted by Gasteiger charge is -2.17. The maximum Gasteiger partial charge on any atom is 0.104 e. The molecule has 0 radical (unpaired) electrons. The quantitative estimate of drug-likeness (QED) is 0.829. The first-order chi connectivity index (χ1) is 9.29. The number of halogens is 1. The SMILES string of the molecule is CCNCC(Cc1ccco1)Cc1ccccc1Cl. The van der Waals surface area contributed by atoms with Gasteiger partial charge in [0.1, 0.15) is 5.76 Å². The molecule has 2 aromatic rings. The molecule has 3 heteroatoms. The maximum atomic E-state index is 6.24. The average molecular weight is 278 g/mol. The molecular weight excluding hydrogens is 258 g/mol. The first-order valence-electron chi connectivity index (χ1n) is 6.76. The van der Waals surface area contributed by atoms with Gasteiger partial charge in [-0.25, -0.2) is 0 Å². The van der Waals surface area contributed by atoms with Crippen LogP contribution in [0.2, 0.25) is 5.02 Å². The van der Waals surface area contributed by atoms with Crippen molar-refractivity contribution in [1.29, 1.82) is 0 Å². The zero-order chi connectivity index (χ0) is 13.5. The molecule has 0 bridgehead atoms. The molecule has 2 rings (SSSR count). The number of benzene rings is 1. The van der Waals surface area contributed by atoms with E-state index in [1.807, 2.05) is 30.3 Å². The normalized spacial score (nSPS) is 12.5.